The summed E-state index contributed by atoms with van der Waals surface area (Å²) < 4.78 is 0. The fraction of sp³-hybridized carbons (Fsp3) is 0.240. The summed E-state index contributed by atoms with van der Waals surface area (Å²) in [6.07, 6.45) is 1.64. The smallest absolute Gasteiger partial charge is 0.278 e. The molecule has 5 rings (SSSR count). The van der Waals surface area contributed by atoms with E-state index in [-0.39, 0.29) is 22.4 Å². The van der Waals surface area contributed by atoms with Crippen molar-refractivity contribution in [2.45, 2.75) is 25.7 Å². The van der Waals surface area contributed by atoms with Crippen molar-refractivity contribution in [3.8, 4) is 21.8 Å². The average molecular weight is 491 g/mol. The molecule has 3 heterocycles. The molecule has 1 aliphatic rings. The molecule has 9 heteroatoms. The maximum Gasteiger partial charge on any atom is 0.278 e. The van der Waals surface area contributed by atoms with Gasteiger partial charge in [-0.3, -0.25) is 14.9 Å². The molecule has 1 saturated heterocycles. The summed E-state index contributed by atoms with van der Waals surface area (Å²) in [5.41, 5.74) is 3.03. The summed E-state index contributed by atoms with van der Waals surface area (Å²) >= 11 is 2.98. The highest BCUT2D eigenvalue weighted by molar-refractivity contribution is 7.17. The van der Waals surface area contributed by atoms with Crippen LogP contribution in [0.4, 0.5) is 5.69 Å². The minimum atomic E-state index is -0.372. The molecule has 34 heavy (non-hydrogen) atoms. The van der Waals surface area contributed by atoms with E-state index in [4.69, 9.17) is 4.98 Å². The van der Waals surface area contributed by atoms with Gasteiger partial charge in [0.25, 0.3) is 11.6 Å². The molecule has 0 saturated carbocycles. The average Bonchev–Trinajstić information content (AvgIpc) is 3.51. The zero-order chi connectivity index (χ0) is 23.7. The van der Waals surface area contributed by atoms with Gasteiger partial charge in [0, 0.05) is 36.0 Å². The lowest BCUT2D eigenvalue weighted by Crippen LogP contribution is -2.37. The quantitative estimate of drug-likeness (QED) is 0.246. The maximum atomic E-state index is 13.2. The molecule has 4 aromatic rings. The van der Waals surface area contributed by atoms with E-state index in [1.54, 1.807) is 18.2 Å². The third-order valence-corrected chi connectivity index (χ3v) is 8.24. The first-order valence-electron chi connectivity index (χ1n) is 11.0. The van der Waals surface area contributed by atoms with Gasteiger partial charge in [-0.2, -0.15) is 0 Å². The Morgan fingerprint density at radius 1 is 1.06 bits per heavy atom. The standard InChI is InChI=1S/C25H22N4O3S2/c1-16-22(34-24(26-16)17-7-3-2-4-8-17)25(30)28-13-11-18(12-14-28)23-27-20(15-33-23)19-9-5-6-10-21(19)29(31)32/h2-10,15,18H,11-14H2,1H3. The number of rotatable bonds is 5. The summed E-state index contributed by atoms with van der Waals surface area (Å²) in [4.78, 5) is 36.2. The zero-order valence-corrected chi connectivity index (χ0v) is 20.1. The van der Waals surface area contributed by atoms with Crippen molar-refractivity contribution in [1.82, 2.24) is 14.9 Å². The topological polar surface area (TPSA) is 89.2 Å². The fourth-order valence-electron chi connectivity index (χ4n) is 4.22. The SMILES string of the molecule is Cc1nc(-c2ccccc2)sc1C(=O)N1CCC(c2nc(-c3ccccc3[N+](=O)[O-])cs2)CC1. The van der Waals surface area contributed by atoms with E-state index in [0.29, 0.717) is 29.2 Å². The van der Waals surface area contributed by atoms with Crippen LogP contribution in [0.5, 0.6) is 0 Å². The van der Waals surface area contributed by atoms with E-state index in [1.165, 1.54) is 28.7 Å². The molecule has 172 valence electrons. The van der Waals surface area contributed by atoms with Crippen LogP contribution in [-0.4, -0.2) is 38.8 Å². The molecule has 7 nitrogen and oxygen atoms in total. The molecule has 0 aliphatic carbocycles. The van der Waals surface area contributed by atoms with E-state index in [1.807, 2.05) is 47.5 Å². The molecule has 0 radical (unpaired) electrons. The van der Waals surface area contributed by atoms with Crippen molar-refractivity contribution < 1.29 is 9.72 Å². The summed E-state index contributed by atoms with van der Waals surface area (Å²) in [6.45, 7) is 3.20. The van der Waals surface area contributed by atoms with Gasteiger partial charge >= 0.3 is 0 Å². The summed E-state index contributed by atoms with van der Waals surface area (Å²) in [6, 6.07) is 16.6. The van der Waals surface area contributed by atoms with Crippen molar-refractivity contribution in [1.29, 1.82) is 0 Å². The van der Waals surface area contributed by atoms with Crippen LogP contribution in [0.1, 0.15) is 39.1 Å². The van der Waals surface area contributed by atoms with Crippen LogP contribution in [0.25, 0.3) is 21.8 Å². The highest BCUT2D eigenvalue weighted by Crippen LogP contribution is 2.36. The zero-order valence-electron chi connectivity index (χ0n) is 18.5. The van der Waals surface area contributed by atoms with Gasteiger partial charge in [-0.05, 0) is 25.8 Å². The number of aryl methyl sites for hydroxylation is 1. The second-order valence-electron chi connectivity index (χ2n) is 8.21. The van der Waals surface area contributed by atoms with E-state index in [9.17, 15) is 14.9 Å². The lowest BCUT2D eigenvalue weighted by atomic mass is 9.97. The third kappa shape index (κ3) is 4.36. The van der Waals surface area contributed by atoms with Crippen molar-refractivity contribution in [3.05, 3.63) is 85.7 Å². The highest BCUT2D eigenvalue weighted by atomic mass is 32.1. The molecule has 2 aromatic carbocycles. The number of benzene rings is 2. The Bertz CT molecular complexity index is 1340. The fourth-order valence-corrected chi connectivity index (χ4v) is 6.25. The second-order valence-corrected chi connectivity index (χ2v) is 10.1. The Hall–Kier alpha value is -3.43. The molecule has 0 unspecified atom stereocenters. The number of hydrogen-bond donors (Lipinski definition) is 0. The second kappa shape index (κ2) is 9.44. The summed E-state index contributed by atoms with van der Waals surface area (Å²) in [7, 11) is 0. The lowest BCUT2D eigenvalue weighted by molar-refractivity contribution is -0.384. The number of nitrogens with zero attached hydrogens (tertiary/aromatic N) is 4. The minimum absolute atomic E-state index is 0.0374. The number of para-hydroxylation sites is 1. The Morgan fingerprint density at radius 2 is 1.76 bits per heavy atom. The molecule has 0 spiro atoms. The normalized spacial score (nSPS) is 14.3. The molecular formula is C25H22N4O3S2. The van der Waals surface area contributed by atoms with Crippen LogP contribution in [0.2, 0.25) is 0 Å². The van der Waals surface area contributed by atoms with Crippen LogP contribution in [0, 0.1) is 17.0 Å². The van der Waals surface area contributed by atoms with Crippen LogP contribution >= 0.6 is 22.7 Å². The lowest BCUT2D eigenvalue weighted by Gasteiger charge is -2.30. The highest BCUT2D eigenvalue weighted by Gasteiger charge is 2.29. The molecular weight excluding hydrogens is 468 g/mol. The van der Waals surface area contributed by atoms with Crippen LogP contribution in [0.15, 0.2) is 60.0 Å². The summed E-state index contributed by atoms with van der Waals surface area (Å²) in [5.74, 6) is 0.281. The van der Waals surface area contributed by atoms with E-state index in [0.717, 1.165) is 34.1 Å². The maximum absolute atomic E-state index is 13.2. The Kier molecular flexibility index (Phi) is 6.21. The number of hydrogen-bond acceptors (Lipinski definition) is 7. The van der Waals surface area contributed by atoms with Gasteiger partial charge in [-0.25, -0.2) is 9.97 Å². The number of aromatic nitrogens is 2. The molecule has 0 bridgehead atoms. The number of carbonyl (C=O) groups is 1. The Labute approximate surface area is 204 Å². The predicted octanol–water partition coefficient (Wildman–Crippen LogP) is 6.17. The monoisotopic (exact) mass is 490 g/mol. The third-order valence-electron chi connectivity index (χ3n) is 6.04. The Morgan fingerprint density at radius 3 is 2.50 bits per heavy atom. The molecule has 1 aliphatic heterocycles. The van der Waals surface area contributed by atoms with E-state index >= 15 is 0 Å². The molecule has 0 atom stereocenters. The van der Waals surface area contributed by atoms with Gasteiger partial charge in [0.1, 0.15) is 9.88 Å². The van der Waals surface area contributed by atoms with Crippen molar-refractivity contribution >= 4 is 34.3 Å². The minimum Gasteiger partial charge on any atom is -0.338 e. The first-order valence-corrected chi connectivity index (χ1v) is 12.7. The number of amides is 1. The van der Waals surface area contributed by atoms with E-state index in [2.05, 4.69) is 4.98 Å². The number of thiazole rings is 2. The van der Waals surface area contributed by atoms with Crippen molar-refractivity contribution in [3.63, 3.8) is 0 Å². The first-order chi connectivity index (χ1) is 16.5. The van der Waals surface area contributed by atoms with Gasteiger partial charge in [0.05, 0.1) is 26.9 Å². The number of likely N-dealkylation sites (tertiary alicyclic amines) is 1. The van der Waals surface area contributed by atoms with Gasteiger partial charge in [0.2, 0.25) is 0 Å². The molecule has 1 fully saturated rings. The van der Waals surface area contributed by atoms with Crippen LogP contribution in [0.3, 0.4) is 0 Å². The molecule has 2 aromatic heterocycles. The van der Waals surface area contributed by atoms with Crippen molar-refractivity contribution in [2.75, 3.05) is 13.1 Å². The van der Waals surface area contributed by atoms with Crippen LogP contribution < -0.4 is 0 Å². The number of nitro groups is 1. The largest absolute Gasteiger partial charge is 0.338 e. The van der Waals surface area contributed by atoms with E-state index < -0.39 is 0 Å². The van der Waals surface area contributed by atoms with Gasteiger partial charge in [-0.15, -0.1) is 22.7 Å². The van der Waals surface area contributed by atoms with Gasteiger partial charge in [-0.1, -0.05) is 42.5 Å². The van der Waals surface area contributed by atoms with Gasteiger partial charge < -0.3 is 4.90 Å². The van der Waals surface area contributed by atoms with Crippen molar-refractivity contribution in [2.24, 2.45) is 0 Å². The molecule has 1 amide bonds. The van der Waals surface area contributed by atoms with Crippen LogP contribution in [-0.2, 0) is 0 Å². The Balaban J connectivity index is 1.27. The number of nitro benzene ring substituents is 1. The number of carbonyl (C=O) groups excluding carboxylic acids is 1. The number of piperidine rings is 1. The molecule has 0 N–H and O–H groups in total. The summed E-state index contributed by atoms with van der Waals surface area (Å²) in [5, 5.41) is 15.1. The van der Waals surface area contributed by atoms with Gasteiger partial charge in [0.15, 0.2) is 0 Å². The predicted molar refractivity (Wildman–Crippen MR) is 134 cm³/mol. The first kappa shape index (κ1) is 22.4.